The number of nitrogens with zero attached hydrogens (tertiary/aromatic N) is 3. The number of benzene rings is 1. The maximum atomic E-state index is 12.4. The van der Waals surface area contributed by atoms with Gasteiger partial charge in [0.05, 0.1) is 11.3 Å². The van der Waals surface area contributed by atoms with E-state index in [0.29, 0.717) is 38.1 Å². The number of thiophene rings is 1. The van der Waals surface area contributed by atoms with Gasteiger partial charge in [0.1, 0.15) is 21.6 Å². The number of thioether (sulfide) groups is 1. The van der Waals surface area contributed by atoms with Crippen LogP contribution in [-0.4, -0.2) is 19.5 Å². The van der Waals surface area contributed by atoms with Gasteiger partial charge in [-0.2, -0.15) is 0 Å². The molecule has 0 bridgehead atoms. The molecule has 5 rings (SSSR count). The Morgan fingerprint density at radius 3 is 2.96 bits per heavy atom. The van der Waals surface area contributed by atoms with Crippen molar-refractivity contribution in [2.45, 2.75) is 10.9 Å². The van der Waals surface area contributed by atoms with Crippen molar-refractivity contribution in [3.05, 3.63) is 62.2 Å². The monoisotopic (exact) mass is 396 g/mol. The molecule has 7 nitrogen and oxygen atoms in total. The quantitative estimate of drug-likeness (QED) is 0.372. The average molecular weight is 396 g/mol. The molecule has 4 aromatic heterocycles. The molecule has 0 radical (unpaired) electrons. The van der Waals surface area contributed by atoms with Gasteiger partial charge in [0.25, 0.3) is 11.1 Å². The Morgan fingerprint density at radius 2 is 2.07 bits per heavy atom. The molecule has 0 aliphatic heterocycles. The van der Waals surface area contributed by atoms with Gasteiger partial charge < -0.3 is 9.40 Å². The fourth-order valence-corrected chi connectivity index (χ4v) is 4.59. The van der Waals surface area contributed by atoms with E-state index >= 15 is 0 Å². The number of aromatic amines is 1. The van der Waals surface area contributed by atoms with E-state index in [4.69, 9.17) is 4.42 Å². The number of aromatic nitrogens is 4. The molecule has 0 aliphatic rings. The molecular weight excluding hydrogens is 384 g/mol. The fourth-order valence-electron chi connectivity index (χ4n) is 2.95. The number of rotatable bonds is 3. The summed E-state index contributed by atoms with van der Waals surface area (Å²) in [6.07, 6.45) is 0. The van der Waals surface area contributed by atoms with E-state index < -0.39 is 0 Å². The van der Waals surface area contributed by atoms with Crippen LogP contribution in [-0.2, 0) is 12.8 Å². The molecule has 5 aromatic rings. The first kappa shape index (κ1) is 16.3. The predicted octanol–water partition coefficient (Wildman–Crippen LogP) is 3.27. The lowest BCUT2D eigenvalue weighted by molar-refractivity contribution is 0.660. The molecule has 0 saturated heterocycles. The zero-order valence-corrected chi connectivity index (χ0v) is 15.7. The first-order chi connectivity index (χ1) is 13.1. The van der Waals surface area contributed by atoms with Gasteiger partial charge in [-0.25, -0.2) is 9.97 Å². The van der Waals surface area contributed by atoms with Crippen LogP contribution in [0.2, 0.25) is 0 Å². The highest BCUT2D eigenvalue weighted by molar-refractivity contribution is 7.98. The highest BCUT2D eigenvalue weighted by Crippen LogP contribution is 2.26. The third-order valence-corrected chi connectivity index (χ3v) is 6.20. The zero-order chi connectivity index (χ0) is 18.5. The molecule has 1 aromatic carbocycles. The second kappa shape index (κ2) is 6.07. The number of hydrogen-bond acceptors (Lipinski definition) is 7. The number of fused-ring (bicyclic) bond motifs is 4. The van der Waals surface area contributed by atoms with E-state index in [0.717, 1.165) is 5.39 Å². The van der Waals surface area contributed by atoms with Gasteiger partial charge in [-0.15, -0.1) is 11.3 Å². The number of furan rings is 1. The summed E-state index contributed by atoms with van der Waals surface area (Å²) in [4.78, 5) is 36.6. The van der Waals surface area contributed by atoms with Gasteiger partial charge in [0, 0.05) is 12.4 Å². The van der Waals surface area contributed by atoms with E-state index in [-0.39, 0.29) is 16.7 Å². The average Bonchev–Trinajstić information content (AvgIpc) is 3.28. The first-order valence-electron chi connectivity index (χ1n) is 8.09. The minimum absolute atomic E-state index is 0.0739. The Balaban J connectivity index is 1.55. The van der Waals surface area contributed by atoms with Crippen LogP contribution in [0.3, 0.4) is 0 Å². The van der Waals surface area contributed by atoms with Crippen LogP contribution >= 0.6 is 23.1 Å². The van der Waals surface area contributed by atoms with Crippen molar-refractivity contribution in [3.8, 4) is 0 Å². The molecule has 0 fully saturated rings. The lowest BCUT2D eigenvalue weighted by atomic mass is 10.2. The van der Waals surface area contributed by atoms with Crippen LogP contribution in [0, 0.1) is 0 Å². The molecule has 0 aliphatic carbocycles. The molecule has 4 heterocycles. The molecule has 0 atom stereocenters. The molecular formula is C18H12N4O3S2. The summed E-state index contributed by atoms with van der Waals surface area (Å²) in [6.45, 7) is 0. The molecule has 134 valence electrons. The second-order valence-electron chi connectivity index (χ2n) is 5.97. The van der Waals surface area contributed by atoms with Crippen molar-refractivity contribution in [2.75, 3.05) is 0 Å². The topological polar surface area (TPSA) is 93.8 Å². The number of para-hydroxylation sites is 1. The molecule has 0 spiro atoms. The van der Waals surface area contributed by atoms with E-state index in [2.05, 4.69) is 15.0 Å². The van der Waals surface area contributed by atoms with Gasteiger partial charge in [-0.05, 0) is 23.6 Å². The summed E-state index contributed by atoms with van der Waals surface area (Å²) in [6, 6.07) is 9.24. The van der Waals surface area contributed by atoms with Crippen LogP contribution in [0.1, 0.15) is 5.82 Å². The molecule has 0 unspecified atom stereocenters. The maximum Gasteiger partial charge on any atom is 0.294 e. The third kappa shape index (κ3) is 2.58. The number of nitrogens with one attached hydrogen (secondary N) is 1. The first-order valence-corrected chi connectivity index (χ1v) is 9.96. The molecule has 27 heavy (non-hydrogen) atoms. The van der Waals surface area contributed by atoms with E-state index in [9.17, 15) is 9.59 Å². The van der Waals surface area contributed by atoms with Gasteiger partial charge >= 0.3 is 0 Å². The lowest BCUT2D eigenvalue weighted by Crippen LogP contribution is -2.19. The molecule has 9 heteroatoms. The Hall–Kier alpha value is -2.91. The van der Waals surface area contributed by atoms with E-state index in [1.165, 1.54) is 27.7 Å². The predicted molar refractivity (Wildman–Crippen MR) is 107 cm³/mol. The highest BCUT2D eigenvalue weighted by Gasteiger charge is 2.14. The number of hydrogen-bond donors (Lipinski definition) is 1. The summed E-state index contributed by atoms with van der Waals surface area (Å²) < 4.78 is 7.77. The van der Waals surface area contributed by atoms with Crippen LogP contribution in [0.4, 0.5) is 0 Å². The SMILES string of the molecule is Cn1c(SCc2nc3c(oc4ccccc43)c(=O)[nH]2)nc2ccsc2c1=O. The smallest absolute Gasteiger partial charge is 0.294 e. The summed E-state index contributed by atoms with van der Waals surface area (Å²) >= 11 is 2.73. The molecule has 1 N–H and O–H groups in total. The summed E-state index contributed by atoms with van der Waals surface area (Å²) in [5.74, 6) is 0.879. The summed E-state index contributed by atoms with van der Waals surface area (Å²) in [7, 11) is 1.69. The summed E-state index contributed by atoms with van der Waals surface area (Å²) in [5.41, 5.74) is 1.68. The van der Waals surface area contributed by atoms with Crippen molar-refractivity contribution in [3.63, 3.8) is 0 Å². The van der Waals surface area contributed by atoms with Crippen molar-refractivity contribution in [1.29, 1.82) is 0 Å². The third-order valence-electron chi connectivity index (χ3n) is 4.26. The lowest BCUT2D eigenvalue weighted by Gasteiger charge is -2.06. The second-order valence-corrected chi connectivity index (χ2v) is 7.83. The standard InChI is InChI=1S/C18H12N4O3S2/c1-22-17(24)15-10(6-7-26-15)19-18(22)27-8-12-20-13-9-4-2-3-5-11(9)25-14(13)16(23)21-12/h2-7H,8H2,1H3,(H,20,21,23). The van der Waals surface area contributed by atoms with Crippen molar-refractivity contribution < 1.29 is 4.42 Å². The number of H-pyrrole nitrogens is 1. The van der Waals surface area contributed by atoms with Crippen LogP contribution in [0.25, 0.3) is 32.3 Å². The van der Waals surface area contributed by atoms with E-state index in [1.807, 2.05) is 29.6 Å². The Labute approximate surface area is 159 Å². The van der Waals surface area contributed by atoms with Gasteiger partial charge in [-0.3, -0.25) is 14.2 Å². The van der Waals surface area contributed by atoms with Crippen molar-refractivity contribution in [1.82, 2.24) is 19.5 Å². The largest absolute Gasteiger partial charge is 0.449 e. The Morgan fingerprint density at radius 1 is 1.22 bits per heavy atom. The van der Waals surface area contributed by atoms with Crippen LogP contribution in [0.5, 0.6) is 0 Å². The molecule has 0 saturated carbocycles. The Kier molecular flexibility index (Phi) is 3.66. The maximum absolute atomic E-state index is 12.4. The molecule has 0 amide bonds. The highest BCUT2D eigenvalue weighted by atomic mass is 32.2. The van der Waals surface area contributed by atoms with Gasteiger partial charge in [0.2, 0.25) is 5.58 Å². The zero-order valence-electron chi connectivity index (χ0n) is 14.1. The minimum Gasteiger partial charge on any atom is -0.449 e. The Bertz CT molecular complexity index is 1440. The fraction of sp³-hybridized carbons (Fsp3) is 0.111. The minimum atomic E-state index is -0.318. The van der Waals surface area contributed by atoms with Gasteiger partial charge in [0.15, 0.2) is 5.16 Å². The van der Waals surface area contributed by atoms with E-state index in [1.54, 1.807) is 13.1 Å². The van der Waals surface area contributed by atoms with Crippen molar-refractivity contribution >= 4 is 55.4 Å². The normalized spacial score (nSPS) is 11.7. The van der Waals surface area contributed by atoms with Crippen LogP contribution in [0.15, 0.2) is 54.9 Å². The summed E-state index contributed by atoms with van der Waals surface area (Å²) in [5, 5.41) is 3.23. The van der Waals surface area contributed by atoms with Crippen molar-refractivity contribution in [2.24, 2.45) is 7.05 Å². The van der Waals surface area contributed by atoms with Crippen LogP contribution < -0.4 is 11.1 Å². The van der Waals surface area contributed by atoms with Gasteiger partial charge in [-0.1, -0.05) is 23.9 Å².